The van der Waals surface area contributed by atoms with E-state index in [0.29, 0.717) is 18.0 Å². The maximum absolute atomic E-state index is 12.7. The van der Waals surface area contributed by atoms with E-state index in [2.05, 4.69) is 15.4 Å². The van der Waals surface area contributed by atoms with E-state index in [1.54, 1.807) is 45.6 Å². The number of hydrogen-bond acceptors (Lipinski definition) is 5. The number of aryl methyl sites for hydroxylation is 1. The van der Waals surface area contributed by atoms with Gasteiger partial charge in [0.2, 0.25) is 10.0 Å². The van der Waals surface area contributed by atoms with Gasteiger partial charge < -0.3 is 5.32 Å². The van der Waals surface area contributed by atoms with Gasteiger partial charge in [-0.25, -0.2) is 13.4 Å². The van der Waals surface area contributed by atoms with Crippen molar-refractivity contribution in [1.82, 2.24) is 19.1 Å². The second kappa shape index (κ2) is 6.12. The molecule has 1 aliphatic rings. The minimum Gasteiger partial charge on any atom is -0.380 e. The van der Waals surface area contributed by atoms with Crippen LogP contribution in [-0.4, -0.2) is 46.6 Å². The van der Waals surface area contributed by atoms with Gasteiger partial charge in [0.1, 0.15) is 0 Å². The van der Waals surface area contributed by atoms with Crippen molar-refractivity contribution in [1.29, 1.82) is 0 Å². The lowest BCUT2D eigenvalue weighted by Crippen LogP contribution is -2.31. The number of anilines is 1. The molecule has 25 heavy (non-hydrogen) atoms. The summed E-state index contributed by atoms with van der Waals surface area (Å²) in [5.74, 6) is 0. The molecule has 0 unspecified atom stereocenters. The molecule has 7 nitrogen and oxygen atoms in total. The first kappa shape index (κ1) is 16.0. The average Bonchev–Trinajstić information content (AvgIpc) is 3.24. The topological polar surface area (TPSA) is 80.1 Å². The molecule has 0 spiro atoms. The Kier molecular flexibility index (Phi) is 3.93. The summed E-state index contributed by atoms with van der Waals surface area (Å²) in [6, 6.07) is 10.5. The van der Waals surface area contributed by atoms with Crippen molar-refractivity contribution in [2.24, 2.45) is 7.05 Å². The maximum atomic E-state index is 12.7. The Balaban J connectivity index is 1.53. The first-order valence-corrected chi connectivity index (χ1v) is 9.58. The molecule has 1 saturated heterocycles. The summed E-state index contributed by atoms with van der Waals surface area (Å²) in [5.41, 5.74) is 1.74. The van der Waals surface area contributed by atoms with Crippen LogP contribution < -0.4 is 5.32 Å². The fraction of sp³-hybridized carbons (Fsp3) is 0.294. The van der Waals surface area contributed by atoms with E-state index < -0.39 is 10.0 Å². The highest BCUT2D eigenvalue weighted by atomic mass is 32.2. The van der Waals surface area contributed by atoms with Crippen molar-refractivity contribution in [3.8, 4) is 0 Å². The smallest absolute Gasteiger partial charge is 0.243 e. The Morgan fingerprint density at radius 2 is 2.00 bits per heavy atom. The Bertz CT molecular complexity index is 1000. The zero-order valence-electron chi connectivity index (χ0n) is 13.8. The van der Waals surface area contributed by atoms with Gasteiger partial charge in [-0.1, -0.05) is 18.2 Å². The third-order valence-corrected chi connectivity index (χ3v) is 6.41. The van der Waals surface area contributed by atoms with E-state index in [-0.39, 0.29) is 6.04 Å². The number of aromatic nitrogens is 3. The maximum Gasteiger partial charge on any atom is 0.243 e. The normalized spacial score (nSPS) is 18.7. The number of nitrogens with one attached hydrogen (secondary N) is 1. The van der Waals surface area contributed by atoms with E-state index in [4.69, 9.17) is 0 Å². The first-order chi connectivity index (χ1) is 12.1. The highest BCUT2D eigenvalue weighted by molar-refractivity contribution is 7.89. The molecule has 4 rings (SSSR count). The van der Waals surface area contributed by atoms with Crippen LogP contribution in [0.15, 0.2) is 53.7 Å². The molecular formula is C17H19N5O2S. The Hall–Kier alpha value is -2.45. The summed E-state index contributed by atoms with van der Waals surface area (Å²) < 4.78 is 28.7. The highest BCUT2D eigenvalue weighted by Crippen LogP contribution is 2.26. The summed E-state index contributed by atoms with van der Waals surface area (Å²) in [5, 5.41) is 8.62. The Morgan fingerprint density at radius 3 is 2.80 bits per heavy atom. The van der Waals surface area contributed by atoms with Gasteiger partial charge in [-0.3, -0.25) is 4.68 Å². The Morgan fingerprint density at radius 1 is 1.20 bits per heavy atom. The molecule has 0 aliphatic carbocycles. The summed E-state index contributed by atoms with van der Waals surface area (Å²) >= 11 is 0. The van der Waals surface area contributed by atoms with E-state index in [9.17, 15) is 8.42 Å². The van der Waals surface area contributed by atoms with Crippen LogP contribution in [0.3, 0.4) is 0 Å². The molecule has 0 saturated carbocycles. The molecule has 8 heteroatoms. The van der Waals surface area contributed by atoms with Crippen molar-refractivity contribution in [3.63, 3.8) is 0 Å². The van der Waals surface area contributed by atoms with Crippen LogP contribution in [0.2, 0.25) is 0 Å². The molecule has 1 fully saturated rings. The Labute approximate surface area is 146 Å². The van der Waals surface area contributed by atoms with Gasteiger partial charge in [0.15, 0.2) is 5.65 Å². The molecule has 0 amide bonds. The standard InChI is InChI=1S/C17H19N5O2S/c1-21-17-15(11-19-21)16(7-9-18-17)20-13-8-10-22(12-13)25(23,24)14-5-3-2-4-6-14/h2-7,9,11,13H,8,10,12H2,1H3,(H,18,20)/t13-/m0/s1. The SMILES string of the molecule is Cn1ncc2c(N[C@H]3CCN(S(=O)(=O)c4ccccc4)C3)ccnc21. The average molecular weight is 357 g/mol. The van der Waals surface area contributed by atoms with Crippen molar-refractivity contribution >= 4 is 26.7 Å². The van der Waals surface area contributed by atoms with Gasteiger partial charge in [0.05, 0.1) is 16.5 Å². The van der Waals surface area contributed by atoms with Crippen molar-refractivity contribution in [2.45, 2.75) is 17.4 Å². The summed E-state index contributed by atoms with van der Waals surface area (Å²) in [7, 11) is -1.59. The first-order valence-electron chi connectivity index (χ1n) is 8.14. The van der Waals surface area contributed by atoms with Crippen molar-refractivity contribution in [3.05, 3.63) is 48.8 Å². The predicted octanol–water partition coefficient (Wildman–Crippen LogP) is 1.84. The molecule has 1 aliphatic heterocycles. The quantitative estimate of drug-likeness (QED) is 0.771. The number of sulfonamides is 1. The van der Waals surface area contributed by atoms with Crippen LogP contribution in [0.1, 0.15) is 6.42 Å². The van der Waals surface area contributed by atoms with Gasteiger partial charge in [-0.15, -0.1) is 0 Å². The molecule has 130 valence electrons. The molecule has 1 atom stereocenters. The van der Waals surface area contributed by atoms with E-state index >= 15 is 0 Å². The van der Waals surface area contributed by atoms with Crippen LogP contribution in [0.5, 0.6) is 0 Å². The molecular weight excluding hydrogens is 338 g/mol. The number of benzene rings is 1. The van der Waals surface area contributed by atoms with Crippen LogP contribution in [0.4, 0.5) is 5.69 Å². The molecule has 1 N–H and O–H groups in total. The molecule has 1 aromatic carbocycles. The molecule has 3 aromatic rings. The predicted molar refractivity (Wildman–Crippen MR) is 95.7 cm³/mol. The largest absolute Gasteiger partial charge is 0.380 e. The third-order valence-electron chi connectivity index (χ3n) is 4.53. The highest BCUT2D eigenvalue weighted by Gasteiger charge is 2.32. The summed E-state index contributed by atoms with van der Waals surface area (Å²) in [6.45, 7) is 0.956. The van der Waals surface area contributed by atoms with Gasteiger partial charge in [0, 0.05) is 38.1 Å². The number of rotatable bonds is 4. The number of nitrogens with zero attached hydrogens (tertiary/aromatic N) is 4. The van der Waals surface area contributed by atoms with Crippen LogP contribution in [0, 0.1) is 0 Å². The van der Waals surface area contributed by atoms with Crippen LogP contribution >= 0.6 is 0 Å². The fourth-order valence-corrected chi connectivity index (χ4v) is 4.72. The van der Waals surface area contributed by atoms with Gasteiger partial charge in [0.25, 0.3) is 0 Å². The lowest BCUT2D eigenvalue weighted by molar-refractivity contribution is 0.474. The third kappa shape index (κ3) is 2.87. The monoisotopic (exact) mass is 357 g/mol. The number of pyridine rings is 1. The second-order valence-corrected chi connectivity index (χ2v) is 8.11. The van der Waals surface area contributed by atoms with E-state index in [1.165, 1.54) is 0 Å². The van der Waals surface area contributed by atoms with E-state index in [1.807, 2.05) is 19.2 Å². The lowest BCUT2D eigenvalue weighted by atomic mass is 10.2. The van der Waals surface area contributed by atoms with E-state index in [0.717, 1.165) is 23.1 Å². The zero-order chi connectivity index (χ0) is 17.4. The molecule has 0 radical (unpaired) electrons. The van der Waals surface area contributed by atoms with Crippen molar-refractivity contribution < 1.29 is 8.42 Å². The second-order valence-electron chi connectivity index (χ2n) is 6.17. The minimum absolute atomic E-state index is 0.0595. The number of hydrogen-bond donors (Lipinski definition) is 1. The van der Waals surface area contributed by atoms with Crippen LogP contribution in [0.25, 0.3) is 11.0 Å². The lowest BCUT2D eigenvalue weighted by Gasteiger charge is -2.18. The van der Waals surface area contributed by atoms with Crippen molar-refractivity contribution in [2.75, 3.05) is 18.4 Å². The summed E-state index contributed by atoms with van der Waals surface area (Å²) in [6.07, 6.45) is 4.27. The minimum atomic E-state index is -3.44. The molecule has 3 heterocycles. The zero-order valence-corrected chi connectivity index (χ0v) is 14.6. The number of fused-ring (bicyclic) bond motifs is 1. The van der Waals surface area contributed by atoms with Crippen LogP contribution in [-0.2, 0) is 17.1 Å². The van der Waals surface area contributed by atoms with Gasteiger partial charge in [-0.2, -0.15) is 9.40 Å². The summed E-state index contributed by atoms with van der Waals surface area (Å²) in [4.78, 5) is 4.67. The fourth-order valence-electron chi connectivity index (χ4n) is 3.20. The molecule has 2 aromatic heterocycles. The molecule has 0 bridgehead atoms. The van der Waals surface area contributed by atoms with Gasteiger partial charge >= 0.3 is 0 Å². The van der Waals surface area contributed by atoms with Gasteiger partial charge in [-0.05, 0) is 24.6 Å².